The van der Waals surface area contributed by atoms with Crippen molar-refractivity contribution >= 4 is 0 Å². The minimum absolute atomic E-state index is 0.0559. The molecule has 1 fully saturated rings. The van der Waals surface area contributed by atoms with Crippen LogP contribution < -0.4 is 4.74 Å². The molecule has 2 unspecified atom stereocenters. The SMILES string of the molecule is CCCCCC1CCC(CCc2ccc(OCC)c(C(F)F)c2F)CO1. The molecule has 1 aliphatic heterocycles. The Morgan fingerprint density at radius 1 is 1.15 bits per heavy atom. The Balaban J connectivity index is 1.87. The summed E-state index contributed by atoms with van der Waals surface area (Å²) in [7, 11) is 0. The molecule has 1 aromatic rings. The molecule has 0 spiro atoms. The molecule has 148 valence electrons. The van der Waals surface area contributed by atoms with Crippen LogP contribution in [0.2, 0.25) is 0 Å². The zero-order valence-electron chi connectivity index (χ0n) is 15.9. The molecule has 0 radical (unpaired) electrons. The number of hydrogen-bond donors (Lipinski definition) is 0. The molecule has 5 heteroatoms. The molecule has 0 N–H and O–H groups in total. The normalized spacial score (nSPS) is 20.5. The first-order valence-electron chi connectivity index (χ1n) is 9.90. The number of aryl methyl sites for hydroxylation is 1. The minimum atomic E-state index is -2.88. The van der Waals surface area contributed by atoms with Crippen LogP contribution in [0.5, 0.6) is 5.75 Å². The zero-order valence-corrected chi connectivity index (χ0v) is 15.9. The molecule has 0 amide bonds. The maximum atomic E-state index is 14.5. The molecular weight excluding hydrogens is 341 g/mol. The topological polar surface area (TPSA) is 18.5 Å². The summed E-state index contributed by atoms with van der Waals surface area (Å²) >= 11 is 0. The smallest absolute Gasteiger partial charge is 0.270 e. The van der Waals surface area contributed by atoms with Gasteiger partial charge < -0.3 is 9.47 Å². The van der Waals surface area contributed by atoms with E-state index in [2.05, 4.69) is 6.92 Å². The summed E-state index contributed by atoms with van der Waals surface area (Å²) in [6.45, 7) is 4.81. The number of alkyl halides is 2. The zero-order chi connectivity index (χ0) is 18.9. The van der Waals surface area contributed by atoms with Crippen LogP contribution in [0.15, 0.2) is 12.1 Å². The van der Waals surface area contributed by atoms with E-state index in [0.29, 0.717) is 30.6 Å². The van der Waals surface area contributed by atoms with Crippen LogP contribution in [0.1, 0.15) is 76.3 Å². The van der Waals surface area contributed by atoms with E-state index < -0.39 is 17.8 Å². The Hall–Kier alpha value is -1.23. The van der Waals surface area contributed by atoms with Gasteiger partial charge in [0.15, 0.2) is 0 Å². The lowest BCUT2D eigenvalue weighted by Gasteiger charge is -2.29. The average Bonchev–Trinajstić information content (AvgIpc) is 2.62. The molecular formula is C21H31F3O2. The second kappa shape index (κ2) is 10.8. The second-order valence-corrected chi connectivity index (χ2v) is 7.12. The van der Waals surface area contributed by atoms with E-state index in [4.69, 9.17) is 9.47 Å². The fraction of sp³-hybridized carbons (Fsp3) is 0.714. The summed E-state index contributed by atoms with van der Waals surface area (Å²) in [5.74, 6) is -0.502. The van der Waals surface area contributed by atoms with E-state index in [1.807, 2.05) is 0 Å². The highest BCUT2D eigenvalue weighted by Gasteiger charge is 2.24. The van der Waals surface area contributed by atoms with Crippen molar-refractivity contribution in [3.8, 4) is 5.75 Å². The fourth-order valence-corrected chi connectivity index (χ4v) is 3.60. The third-order valence-corrected chi connectivity index (χ3v) is 5.15. The van der Waals surface area contributed by atoms with Crippen molar-refractivity contribution in [3.63, 3.8) is 0 Å². The van der Waals surface area contributed by atoms with Crippen LogP contribution in [-0.2, 0) is 11.2 Å². The predicted molar refractivity (Wildman–Crippen MR) is 97.5 cm³/mol. The largest absolute Gasteiger partial charge is 0.493 e. The molecule has 0 aliphatic carbocycles. The highest BCUT2D eigenvalue weighted by Crippen LogP contribution is 2.34. The summed E-state index contributed by atoms with van der Waals surface area (Å²) in [6.07, 6.45) is 5.58. The number of benzene rings is 1. The van der Waals surface area contributed by atoms with Gasteiger partial charge in [0, 0.05) is 6.61 Å². The highest BCUT2D eigenvalue weighted by atomic mass is 19.3. The maximum absolute atomic E-state index is 14.5. The second-order valence-electron chi connectivity index (χ2n) is 7.12. The first-order chi connectivity index (χ1) is 12.6. The van der Waals surface area contributed by atoms with Crippen LogP contribution in [-0.4, -0.2) is 19.3 Å². The van der Waals surface area contributed by atoms with Crippen molar-refractivity contribution < 1.29 is 22.6 Å². The Labute approximate surface area is 155 Å². The van der Waals surface area contributed by atoms with Crippen molar-refractivity contribution in [2.24, 2.45) is 5.92 Å². The van der Waals surface area contributed by atoms with Crippen molar-refractivity contribution in [1.29, 1.82) is 0 Å². The lowest BCUT2D eigenvalue weighted by molar-refractivity contribution is -0.0226. The standard InChI is InChI=1S/C21H31F3O2/c1-3-5-6-7-17-12-9-15(14-26-17)8-10-16-11-13-18(25-4-2)19(20(16)22)21(23)24/h11,13,15,17,21H,3-10,12,14H2,1-2H3. The molecule has 26 heavy (non-hydrogen) atoms. The summed E-state index contributed by atoms with van der Waals surface area (Å²) in [4.78, 5) is 0. The molecule has 2 rings (SSSR count). The summed E-state index contributed by atoms with van der Waals surface area (Å²) in [6, 6.07) is 3.04. The summed E-state index contributed by atoms with van der Waals surface area (Å²) < 4.78 is 52.0. The van der Waals surface area contributed by atoms with Crippen LogP contribution in [0.4, 0.5) is 13.2 Å². The first-order valence-corrected chi connectivity index (χ1v) is 9.90. The van der Waals surface area contributed by atoms with Gasteiger partial charge in [-0.25, -0.2) is 13.2 Å². The number of hydrogen-bond acceptors (Lipinski definition) is 2. The highest BCUT2D eigenvalue weighted by molar-refractivity contribution is 5.40. The van der Waals surface area contributed by atoms with Gasteiger partial charge in [-0.15, -0.1) is 0 Å². The molecule has 0 bridgehead atoms. The lowest BCUT2D eigenvalue weighted by Crippen LogP contribution is -2.26. The fourth-order valence-electron chi connectivity index (χ4n) is 3.60. The third kappa shape index (κ3) is 5.90. The van der Waals surface area contributed by atoms with Crippen molar-refractivity contribution in [2.75, 3.05) is 13.2 Å². The van der Waals surface area contributed by atoms with E-state index in [-0.39, 0.29) is 12.4 Å². The van der Waals surface area contributed by atoms with Gasteiger partial charge in [-0.05, 0) is 56.6 Å². The minimum Gasteiger partial charge on any atom is -0.493 e. The quantitative estimate of drug-likeness (QED) is 0.438. The van der Waals surface area contributed by atoms with Crippen molar-refractivity contribution in [2.45, 2.75) is 77.7 Å². The average molecular weight is 372 g/mol. The van der Waals surface area contributed by atoms with E-state index >= 15 is 0 Å². The molecule has 1 aliphatic rings. The van der Waals surface area contributed by atoms with Crippen LogP contribution in [0, 0.1) is 11.7 Å². The predicted octanol–water partition coefficient (Wildman–Crippen LogP) is 6.47. The van der Waals surface area contributed by atoms with E-state index in [1.54, 1.807) is 13.0 Å². The Morgan fingerprint density at radius 3 is 2.58 bits per heavy atom. The Bertz CT molecular complexity index is 540. The molecule has 0 aromatic heterocycles. The molecule has 2 nitrogen and oxygen atoms in total. The van der Waals surface area contributed by atoms with Crippen molar-refractivity contribution in [1.82, 2.24) is 0 Å². The monoisotopic (exact) mass is 372 g/mol. The Morgan fingerprint density at radius 2 is 1.96 bits per heavy atom. The van der Waals surface area contributed by atoms with E-state index in [9.17, 15) is 13.2 Å². The van der Waals surface area contributed by atoms with Crippen LogP contribution in [0.3, 0.4) is 0 Å². The van der Waals surface area contributed by atoms with Gasteiger partial charge in [-0.1, -0.05) is 32.3 Å². The number of rotatable bonds is 10. The van der Waals surface area contributed by atoms with Gasteiger partial charge in [0.1, 0.15) is 11.6 Å². The third-order valence-electron chi connectivity index (χ3n) is 5.15. The van der Waals surface area contributed by atoms with Gasteiger partial charge in [-0.3, -0.25) is 0 Å². The van der Waals surface area contributed by atoms with E-state index in [1.165, 1.54) is 25.3 Å². The molecule has 1 heterocycles. The molecule has 1 saturated heterocycles. The number of ether oxygens (including phenoxy) is 2. The number of halogens is 3. The van der Waals surface area contributed by atoms with Gasteiger partial charge in [0.25, 0.3) is 6.43 Å². The van der Waals surface area contributed by atoms with Crippen molar-refractivity contribution in [3.05, 3.63) is 29.1 Å². The molecule has 1 aromatic carbocycles. The van der Waals surface area contributed by atoms with E-state index in [0.717, 1.165) is 25.7 Å². The lowest BCUT2D eigenvalue weighted by atomic mass is 9.90. The molecule has 0 saturated carbocycles. The number of unbranched alkanes of at least 4 members (excludes halogenated alkanes) is 2. The Kier molecular flexibility index (Phi) is 8.76. The molecule has 2 atom stereocenters. The van der Waals surface area contributed by atoms with Gasteiger partial charge in [0.2, 0.25) is 0 Å². The van der Waals surface area contributed by atoms with Crippen LogP contribution in [0.25, 0.3) is 0 Å². The van der Waals surface area contributed by atoms with Gasteiger partial charge in [-0.2, -0.15) is 0 Å². The summed E-state index contributed by atoms with van der Waals surface area (Å²) in [5.41, 5.74) is -0.269. The maximum Gasteiger partial charge on any atom is 0.270 e. The van der Waals surface area contributed by atoms with Gasteiger partial charge >= 0.3 is 0 Å². The first kappa shape index (κ1) is 21.1. The summed E-state index contributed by atoms with van der Waals surface area (Å²) in [5, 5.41) is 0. The van der Waals surface area contributed by atoms with Gasteiger partial charge in [0.05, 0.1) is 18.3 Å². The van der Waals surface area contributed by atoms with Crippen LogP contribution >= 0.6 is 0 Å².